The molecule has 0 spiro atoms. The van der Waals surface area contributed by atoms with Gasteiger partial charge in [0.15, 0.2) is 6.29 Å². The van der Waals surface area contributed by atoms with Crippen molar-refractivity contribution in [1.29, 1.82) is 0 Å². The van der Waals surface area contributed by atoms with Crippen LogP contribution in [0.2, 0.25) is 0 Å². The zero-order valence-corrected chi connectivity index (χ0v) is 11.8. The Morgan fingerprint density at radius 3 is 2.72 bits per heavy atom. The molecule has 0 aromatic heterocycles. The molecule has 2 heterocycles. The van der Waals surface area contributed by atoms with Crippen molar-refractivity contribution >= 4 is 0 Å². The standard InChI is InChI=1S/C14H27NO3/c1-3-16-14(17-4-2)11-15-8-7-13-12(10-15)6-5-9-18-13/h12-14H,3-11H2,1-2H3/t12-,13-/m0/s1. The molecule has 106 valence electrons. The Labute approximate surface area is 111 Å². The first kappa shape index (κ1) is 14.3. The Morgan fingerprint density at radius 2 is 2.00 bits per heavy atom. The monoisotopic (exact) mass is 257 g/mol. The van der Waals surface area contributed by atoms with Gasteiger partial charge in [-0.15, -0.1) is 0 Å². The van der Waals surface area contributed by atoms with Crippen LogP contribution in [0.5, 0.6) is 0 Å². The molecule has 2 fully saturated rings. The molecule has 0 N–H and O–H groups in total. The average Bonchev–Trinajstić information content (AvgIpc) is 2.39. The summed E-state index contributed by atoms with van der Waals surface area (Å²) in [6.45, 7) is 9.58. The van der Waals surface area contributed by atoms with Crippen LogP contribution in [0.25, 0.3) is 0 Å². The SMILES string of the molecule is CCOC(CN1CC[C@@H]2OCCC[C@H]2C1)OCC. The molecule has 18 heavy (non-hydrogen) atoms. The van der Waals surface area contributed by atoms with Crippen LogP contribution in [0, 0.1) is 5.92 Å². The summed E-state index contributed by atoms with van der Waals surface area (Å²) in [5.41, 5.74) is 0. The van der Waals surface area contributed by atoms with Gasteiger partial charge in [0.2, 0.25) is 0 Å². The summed E-state index contributed by atoms with van der Waals surface area (Å²) in [5, 5.41) is 0. The average molecular weight is 257 g/mol. The zero-order chi connectivity index (χ0) is 12.8. The molecule has 2 aliphatic heterocycles. The number of rotatable bonds is 6. The van der Waals surface area contributed by atoms with Crippen molar-refractivity contribution in [2.45, 2.75) is 45.5 Å². The van der Waals surface area contributed by atoms with Crippen molar-refractivity contribution in [3.8, 4) is 0 Å². The smallest absolute Gasteiger partial charge is 0.170 e. The van der Waals surface area contributed by atoms with Crippen LogP contribution in [0.1, 0.15) is 33.1 Å². The molecule has 0 radical (unpaired) electrons. The third-order valence-corrected chi connectivity index (χ3v) is 3.91. The maximum Gasteiger partial charge on any atom is 0.170 e. The minimum Gasteiger partial charge on any atom is -0.378 e. The highest BCUT2D eigenvalue weighted by molar-refractivity contribution is 4.83. The Hall–Kier alpha value is -0.160. The first-order valence-corrected chi connectivity index (χ1v) is 7.40. The normalized spacial score (nSPS) is 29.5. The molecular formula is C14H27NO3. The Balaban J connectivity index is 1.78. The maximum absolute atomic E-state index is 5.84. The molecule has 0 aromatic carbocycles. The third kappa shape index (κ3) is 3.92. The lowest BCUT2D eigenvalue weighted by Crippen LogP contribution is -2.49. The van der Waals surface area contributed by atoms with E-state index >= 15 is 0 Å². The predicted octanol–water partition coefficient (Wildman–Crippen LogP) is 1.89. The molecule has 0 amide bonds. The van der Waals surface area contributed by atoms with E-state index in [1.165, 1.54) is 12.8 Å². The fourth-order valence-corrected chi connectivity index (χ4v) is 3.06. The second-order valence-electron chi connectivity index (χ2n) is 5.20. The Bertz CT molecular complexity index is 231. The second-order valence-corrected chi connectivity index (χ2v) is 5.20. The van der Waals surface area contributed by atoms with Crippen LogP contribution >= 0.6 is 0 Å². The predicted molar refractivity (Wildman–Crippen MR) is 70.6 cm³/mol. The van der Waals surface area contributed by atoms with Crippen molar-refractivity contribution in [1.82, 2.24) is 4.90 Å². The molecule has 4 nitrogen and oxygen atoms in total. The van der Waals surface area contributed by atoms with E-state index < -0.39 is 0 Å². The Kier molecular flexibility index (Phi) is 5.89. The number of hydrogen-bond acceptors (Lipinski definition) is 4. The van der Waals surface area contributed by atoms with Crippen LogP contribution in [0.15, 0.2) is 0 Å². The van der Waals surface area contributed by atoms with Gasteiger partial charge in [-0.25, -0.2) is 0 Å². The lowest BCUT2D eigenvalue weighted by Gasteiger charge is -2.41. The lowest BCUT2D eigenvalue weighted by molar-refractivity contribution is -0.156. The van der Waals surface area contributed by atoms with Crippen molar-refractivity contribution in [2.75, 3.05) is 39.5 Å². The minimum atomic E-state index is -0.0685. The highest BCUT2D eigenvalue weighted by Crippen LogP contribution is 2.28. The highest BCUT2D eigenvalue weighted by Gasteiger charge is 2.32. The molecule has 2 atom stereocenters. The zero-order valence-electron chi connectivity index (χ0n) is 11.8. The summed E-state index contributed by atoms with van der Waals surface area (Å²) in [5.74, 6) is 0.719. The molecule has 0 aliphatic carbocycles. The molecule has 0 saturated carbocycles. The van der Waals surface area contributed by atoms with E-state index in [9.17, 15) is 0 Å². The van der Waals surface area contributed by atoms with Gasteiger partial charge in [-0.05, 0) is 39.0 Å². The van der Waals surface area contributed by atoms with Crippen LogP contribution in [-0.2, 0) is 14.2 Å². The quantitative estimate of drug-likeness (QED) is 0.680. The molecular weight excluding hydrogens is 230 g/mol. The summed E-state index contributed by atoms with van der Waals surface area (Å²) in [6.07, 6.45) is 4.13. The van der Waals surface area contributed by atoms with Gasteiger partial charge in [0.25, 0.3) is 0 Å². The second kappa shape index (κ2) is 7.43. The van der Waals surface area contributed by atoms with E-state index in [0.717, 1.165) is 38.6 Å². The number of nitrogens with zero attached hydrogens (tertiary/aromatic N) is 1. The first-order valence-electron chi connectivity index (χ1n) is 7.40. The summed E-state index contributed by atoms with van der Waals surface area (Å²) >= 11 is 0. The van der Waals surface area contributed by atoms with Gasteiger partial charge in [-0.2, -0.15) is 0 Å². The molecule has 0 aromatic rings. The van der Waals surface area contributed by atoms with E-state index in [1.807, 2.05) is 13.8 Å². The van der Waals surface area contributed by atoms with Crippen LogP contribution in [0.4, 0.5) is 0 Å². The van der Waals surface area contributed by atoms with E-state index in [2.05, 4.69) is 4.90 Å². The van der Waals surface area contributed by atoms with E-state index in [-0.39, 0.29) is 6.29 Å². The minimum absolute atomic E-state index is 0.0685. The van der Waals surface area contributed by atoms with Gasteiger partial charge in [0.1, 0.15) is 0 Å². The number of likely N-dealkylation sites (tertiary alicyclic amines) is 1. The molecule has 0 bridgehead atoms. The number of fused-ring (bicyclic) bond motifs is 1. The van der Waals surface area contributed by atoms with Crippen molar-refractivity contribution in [3.63, 3.8) is 0 Å². The van der Waals surface area contributed by atoms with Crippen molar-refractivity contribution < 1.29 is 14.2 Å². The molecule has 2 rings (SSSR count). The van der Waals surface area contributed by atoms with E-state index in [4.69, 9.17) is 14.2 Å². The van der Waals surface area contributed by atoms with Crippen molar-refractivity contribution in [2.24, 2.45) is 5.92 Å². The number of piperidine rings is 1. The molecule has 2 saturated heterocycles. The fraction of sp³-hybridized carbons (Fsp3) is 1.00. The summed E-state index contributed by atoms with van der Waals surface area (Å²) in [6, 6.07) is 0. The lowest BCUT2D eigenvalue weighted by atomic mass is 9.88. The number of hydrogen-bond donors (Lipinski definition) is 0. The summed E-state index contributed by atoms with van der Waals surface area (Å²) in [4.78, 5) is 2.48. The van der Waals surface area contributed by atoms with Gasteiger partial charge >= 0.3 is 0 Å². The van der Waals surface area contributed by atoms with Crippen LogP contribution < -0.4 is 0 Å². The summed E-state index contributed by atoms with van der Waals surface area (Å²) < 4.78 is 17.1. The third-order valence-electron chi connectivity index (χ3n) is 3.91. The molecule has 0 unspecified atom stereocenters. The highest BCUT2D eigenvalue weighted by atomic mass is 16.7. The Morgan fingerprint density at radius 1 is 1.22 bits per heavy atom. The van der Waals surface area contributed by atoms with Gasteiger partial charge in [0, 0.05) is 39.5 Å². The van der Waals surface area contributed by atoms with Crippen LogP contribution in [0.3, 0.4) is 0 Å². The fourth-order valence-electron chi connectivity index (χ4n) is 3.06. The maximum atomic E-state index is 5.84. The summed E-state index contributed by atoms with van der Waals surface area (Å²) in [7, 11) is 0. The topological polar surface area (TPSA) is 30.9 Å². The van der Waals surface area contributed by atoms with Crippen molar-refractivity contribution in [3.05, 3.63) is 0 Å². The van der Waals surface area contributed by atoms with E-state index in [1.54, 1.807) is 0 Å². The van der Waals surface area contributed by atoms with Gasteiger partial charge < -0.3 is 14.2 Å². The molecule has 4 heteroatoms. The van der Waals surface area contributed by atoms with Crippen LogP contribution in [-0.4, -0.2) is 56.7 Å². The van der Waals surface area contributed by atoms with Gasteiger partial charge in [-0.1, -0.05) is 0 Å². The first-order chi connectivity index (χ1) is 8.83. The largest absolute Gasteiger partial charge is 0.378 e. The van der Waals surface area contributed by atoms with E-state index in [0.29, 0.717) is 19.3 Å². The molecule has 2 aliphatic rings. The number of ether oxygens (including phenoxy) is 3. The van der Waals surface area contributed by atoms with Gasteiger partial charge in [-0.3, -0.25) is 4.90 Å². The van der Waals surface area contributed by atoms with Gasteiger partial charge in [0.05, 0.1) is 6.10 Å².